The second-order valence-corrected chi connectivity index (χ2v) is 4.67. The first-order valence-corrected chi connectivity index (χ1v) is 6.97. The average molecular weight is 275 g/mol. The molecule has 0 spiro atoms. The fourth-order valence-electron chi connectivity index (χ4n) is 1.50. The van der Waals surface area contributed by atoms with Crippen LogP contribution in [0.2, 0.25) is 0 Å². The standard InChI is InChI=1S/C16H21NO3/c1-3-13(2)16(18)20-11-5-4-10-19-15-8-6-14(12-17)7-9-15/h6-9,13H,3-5,10-11H2,1-2H3. The van der Waals surface area contributed by atoms with Gasteiger partial charge in [0.25, 0.3) is 0 Å². The molecule has 0 amide bonds. The highest BCUT2D eigenvalue weighted by Gasteiger charge is 2.10. The van der Waals surface area contributed by atoms with Crippen LogP contribution in [0.25, 0.3) is 0 Å². The van der Waals surface area contributed by atoms with E-state index in [0.29, 0.717) is 18.8 Å². The molecule has 0 radical (unpaired) electrons. The molecule has 0 aliphatic heterocycles. The lowest BCUT2D eigenvalue weighted by atomic mass is 10.1. The van der Waals surface area contributed by atoms with E-state index in [1.54, 1.807) is 24.3 Å². The third-order valence-corrected chi connectivity index (χ3v) is 3.05. The number of carbonyl (C=O) groups is 1. The number of rotatable bonds is 8. The molecule has 20 heavy (non-hydrogen) atoms. The van der Waals surface area contributed by atoms with E-state index in [1.165, 1.54) is 0 Å². The zero-order valence-corrected chi connectivity index (χ0v) is 12.1. The van der Waals surface area contributed by atoms with E-state index < -0.39 is 0 Å². The molecule has 1 atom stereocenters. The third-order valence-electron chi connectivity index (χ3n) is 3.05. The van der Waals surface area contributed by atoms with Crippen LogP contribution in [0.3, 0.4) is 0 Å². The van der Waals surface area contributed by atoms with E-state index in [4.69, 9.17) is 14.7 Å². The van der Waals surface area contributed by atoms with E-state index >= 15 is 0 Å². The molecule has 1 rings (SSSR count). The zero-order chi connectivity index (χ0) is 14.8. The molecule has 108 valence electrons. The van der Waals surface area contributed by atoms with Crippen molar-refractivity contribution in [3.05, 3.63) is 29.8 Å². The van der Waals surface area contributed by atoms with Gasteiger partial charge in [-0.3, -0.25) is 4.79 Å². The molecule has 1 aromatic rings. The maximum absolute atomic E-state index is 11.4. The molecule has 0 aromatic heterocycles. The number of nitrogens with zero attached hydrogens (tertiary/aromatic N) is 1. The number of unbranched alkanes of at least 4 members (excludes halogenated alkanes) is 1. The summed E-state index contributed by atoms with van der Waals surface area (Å²) in [7, 11) is 0. The normalized spacial score (nSPS) is 11.4. The SMILES string of the molecule is CCC(C)C(=O)OCCCCOc1ccc(C#N)cc1. The summed E-state index contributed by atoms with van der Waals surface area (Å²) in [5.74, 6) is 0.603. The predicted octanol–water partition coefficient (Wildman–Crippen LogP) is 3.31. The lowest BCUT2D eigenvalue weighted by molar-refractivity contribution is -0.148. The van der Waals surface area contributed by atoms with Gasteiger partial charge in [0.15, 0.2) is 0 Å². The molecule has 0 saturated carbocycles. The molecule has 0 saturated heterocycles. The van der Waals surface area contributed by atoms with Gasteiger partial charge in [-0.25, -0.2) is 0 Å². The molecule has 4 nitrogen and oxygen atoms in total. The maximum atomic E-state index is 11.4. The lowest BCUT2D eigenvalue weighted by Crippen LogP contribution is -2.14. The van der Waals surface area contributed by atoms with Crippen molar-refractivity contribution in [1.82, 2.24) is 0 Å². The Bertz CT molecular complexity index is 448. The number of carbonyl (C=O) groups excluding carboxylic acids is 1. The highest BCUT2D eigenvalue weighted by molar-refractivity contribution is 5.71. The largest absolute Gasteiger partial charge is 0.494 e. The van der Waals surface area contributed by atoms with Gasteiger partial charge >= 0.3 is 5.97 Å². The van der Waals surface area contributed by atoms with Gasteiger partial charge in [-0.05, 0) is 43.5 Å². The Kier molecular flexibility index (Phi) is 7.20. The Hall–Kier alpha value is -2.02. The summed E-state index contributed by atoms with van der Waals surface area (Å²) in [6.45, 7) is 4.86. The Morgan fingerprint density at radius 3 is 2.50 bits per heavy atom. The summed E-state index contributed by atoms with van der Waals surface area (Å²) in [6, 6.07) is 9.07. The maximum Gasteiger partial charge on any atom is 0.308 e. The minimum Gasteiger partial charge on any atom is -0.494 e. The van der Waals surface area contributed by atoms with Gasteiger partial charge in [0.05, 0.1) is 30.8 Å². The van der Waals surface area contributed by atoms with Crippen molar-refractivity contribution in [3.8, 4) is 11.8 Å². The van der Waals surface area contributed by atoms with Gasteiger partial charge in [0.1, 0.15) is 5.75 Å². The molecule has 0 heterocycles. The van der Waals surface area contributed by atoms with Crippen molar-refractivity contribution >= 4 is 5.97 Å². The minimum atomic E-state index is -0.125. The van der Waals surface area contributed by atoms with Crippen molar-refractivity contribution in [2.75, 3.05) is 13.2 Å². The van der Waals surface area contributed by atoms with Gasteiger partial charge in [-0.2, -0.15) is 5.26 Å². The second kappa shape index (κ2) is 8.98. The van der Waals surface area contributed by atoms with Crippen molar-refractivity contribution in [2.24, 2.45) is 5.92 Å². The molecule has 0 N–H and O–H groups in total. The van der Waals surface area contributed by atoms with Crippen LogP contribution in [-0.2, 0) is 9.53 Å². The summed E-state index contributed by atoms with van der Waals surface area (Å²) < 4.78 is 10.7. The van der Waals surface area contributed by atoms with Crippen LogP contribution in [0, 0.1) is 17.2 Å². The first-order valence-electron chi connectivity index (χ1n) is 6.97. The highest BCUT2D eigenvalue weighted by Crippen LogP contribution is 2.12. The molecule has 0 fully saturated rings. The van der Waals surface area contributed by atoms with Crippen molar-refractivity contribution < 1.29 is 14.3 Å². The quantitative estimate of drug-likeness (QED) is 0.539. The summed E-state index contributed by atoms with van der Waals surface area (Å²) in [4.78, 5) is 11.4. The Morgan fingerprint density at radius 1 is 1.25 bits per heavy atom. The molecule has 1 aromatic carbocycles. The van der Waals surface area contributed by atoms with E-state index in [-0.39, 0.29) is 11.9 Å². The van der Waals surface area contributed by atoms with Crippen molar-refractivity contribution in [3.63, 3.8) is 0 Å². The number of benzene rings is 1. The van der Waals surface area contributed by atoms with E-state index in [9.17, 15) is 4.79 Å². The van der Waals surface area contributed by atoms with Crippen molar-refractivity contribution in [1.29, 1.82) is 5.26 Å². The fraction of sp³-hybridized carbons (Fsp3) is 0.500. The number of hydrogen-bond donors (Lipinski definition) is 0. The highest BCUT2D eigenvalue weighted by atomic mass is 16.5. The number of esters is 1. The lowest BCUT2D eigenvalue weighted by Gasteiger charge is -2.09. The molecule has 0 aliphatic carbocycles. The van der Waals surface area contributed by atoms with Crippen LogP contribution >= 0.6 is 0 Å². The first-order chi connectivity index (χ1) is 9.67. The summed E-state index contributed by atoms with van der Waals surface area (Å²) in [5, 5.41) is 8.67. The minimum absolute atomic E-state index is 0.0232. The number of hydrogen-bond acceptors (Lipinski definition) is 4. The molecule has 0 aliphatic rings. The third kappa shape index (κ3) is 5.75. The molecular weight excluding hydrogens is 254 g/mol. The summed E-state index contributed by atoms with van der Waals surface area (Å²) in [5.41, 5.74) is 0.620. The van der Waals surface area contributed by atoms with Gasteiger partial charge < -0.3 is 9.47 Å². The fourth-order valence-corrected chi connectivity index (χ4v) is 1.50. The molecule has 4 heteroatoms. The van der Waals surface area contributed by atoms with Gasteiger partial charge in [-0.15, -0.1) is 0 Å². The Morgan fingerprint density at radius 2 is 1.90 bits per heavy atom. The Balaban J connectivity index is 2.10. The predicted molar refractivity (Wildman–Crippen MR) is 76.3 cm³/mol. The first kappa shape index (κ1) is 16.0. The van der Waals surface area contributed by atoms with Crippen molar-refractivity contribution in [2.45, 2.75) is 33.1 Å². The van der Waals surface area contributed by atoms with E-state index in [0.717, 1.165) is 25.0 Å². The Labute approximate surface area is 120 Å². The van der Waals surface area contributed by atoms with Gasteiger partial charge in [0.2, 0.25) is 0 Å². The van der Waals surface area contributed by atoms with E-state index in [1.807, 2.05) is 13.8 Å². The molecule has 1 unspecified atom stereocenters. The zero-order valence-electron chi connectivity index (χ0n) is 12.1. The smallest absolute Gasteiger partial charge is 0.308 e. The number of ether oxygens (including phenoxy) is 2. The topological polar surface area (TPSA) is 59.3 Å². The van der Waals surface area contributed by atoms with Crippen LogP contribution in [-0.4, -0.2) is 19.2 Å². The monoisotopic (exact) mass is 275 g/mol. The van der Waals surface area contributed by atoms with Gasteiger partial charge in [-0.1, -0.05) is 13.8 Å². The number of nitriles is 1. The van der Waals surface area contributed by atoms with Crippen LogP contribution in [0.5, 0.6) is 5.75 Å². The van der Waals surface area contributed by atoms with Gasteiger partial charge in [0, 0.05) is 0 Å². The summed E-state index contributed by atoms with van der Waals surface area (Å²) >= 11 is 0. The molecular formula is C16H21NO3. The van der Waals surface area contributed by atoms with Crippen LogP contribution in [0.1, 0.15) is 38.7 Å². The van der Waals surface area contributed by atoms with Crippen LogP contribution < -0.4 is 4.74 Å². The second-order valence-electron chi connectivity index (χ2n) is 4.67. The van der Waals surface area contributed by atoms with Crippen LogP contribution in [0.4, 0.5) is 0 Å². The molecule has 0 bridgehead atoms. The average Bonchev–Trinajstić information content (AvgIpc) is 2.50. The van der Waals surface area contributed by atoms with E-state index in [2.05, 4.69) is 6.07 Å². The van der Waals surface area contributed by atoms with Crippen LogP contribution in [0.15, 0.2) is 24.3 Å². The summed E-state index contributed by atoms with van der Waals surface area (Å²) in [6.07, 6.45) is 2.42.